The highest BCUT2D eigenvalue weighted by Crippen LogP contribution is 2.27. The Morgan fingerprint density at radius 1 is 1.38 bits per heavy atom. The number of anilines is 1. The standard InChI is InChI=1S/C11H14N4O/c1-7-4-8(5-13-11(7)16-3)10-9(12)6-14-15(10)2/h4-6H,12H2,1-3H3. The molecule has 2 aromatic heterocycles. The molecule has 0 saturated carbocycles. The number of methoxy groups -OCH3 is 1. The van der Waals surface area contributed by atoms with Gasteiger partial charge in [-0.1, -0.05) is 0 Å². The summed E-state index contributed by atoms with van der Waals surface area (Å²) in [7, 11) is 3.46. The summed E-state index contributed by atoms with van der Waals surface area (Å²) in [5.74, 6) is 0.629. The maximum atomic E-state index is 5.85. The zero-order valence-electron chi connectivity index (χ0n) is 9.56. The van der Waals surface area contributed by atoms with Gasteiger partial charge >= 0.3 is 0 Å². The third kappa shape index (κ3) is 1.60. The van der Waals surface area contributed by atoms with E-state index in [0.717, 1.165) is 16.8 Å². The molecule has 0 saturated heterocycles. The number of hydrogen-bond donors (Lipinski definition) is 1. The van der Waals surface area contributed by atoms with Gasteiger partial charge in [-0.15, -0.1) is 0 Å². The lowest BCUT2D eigenvalue weighted by Crippen LogP contribution is -1.98. The van der Waals surface area contributed by atoms with Crippen LogP contribution in [0.15, 0.2) is 18.5 Å². The van der Waals surface area contributed by atoms with Gasteiger partial charge in [0.2, 0.25) is 5.88 Å². The highest BCUT2D eigenvalue weighted by Gasteiger charge is 2.10. The molecule has 0 radical (unpaired) electrons. The van der Waals surface area contributed by atoms with E-state index in [1.165, 1.54) is 0 Å². The van der Waals surface area contributed by atoms with E-state index >= 15 is 0 Å². The molecule has 5 heteroatoms. The number of nitrogens with two attached hydrogens (primary N) is 1. The minimum atomic E-state index is 0.629. The van der Waals surface area contributed by atoms with Crippen LogP contribution in [0.25, 0.3) is 11.3 Å². The Kier molecular flexibility index (Phi) is 2.52. The smallest absolute Gasteiger partial charge is 0.215 e. The van der Waals surface area contributed by atoms with E-state index < -0.39 is 0 Å². The van der Waals surface area contributed by atoms with Crippen molar-refractivity contribution in [3.05, 3.63) is 24.0 Å². The first kappa shape index (κ1) is 10.5. The van der Waals surface area contributed by atoms with Crippen molar-refractivity contribution in [1.29, 1.82) is 0 Å². The quantitative estimate of drug-likeness (QED) is 0.827. The van der Waals surface area contributed by atoms with Crippen molar-refractivity contribution in [1.82, 2.24) is 14.8 Å². The van der Waals surface area contributed by atoms with Gasteiger partial charge in [-0.3, -0.25) is 4.68 Å². The summed E-state index contributed by atoms with van der Waals surface area (Å²) < 4.78 is 6.85. The van der Waals surface area contributed by atoms with Crippen molar-refractivity contribution in [3.8, 4) is 17.1 Å². The van der Waals surface area contributed by atoms with Gasteiger partial charge in [0.15, 0.2) is 0 Å². The average molecular weight is 218 g/mol. The van der Waals surface area contributed by atoms with E-state index in [9.17, 15) is 0 Å². The fourth-order valence-corrected chi connectivity index (χ4v) is 1.71. The predicted octanol–water partition coefficient (Wildman–Crippen LogP) is 1.38. The fraction of sp³-hybridized carbons (Fsp3) is 0.273. The molecular weight excluding hydrogens is 204 g/mol. The summed E-state index contributed by atoms with van der Waals surface area (Å²) in [6, 6.07) is 1.99. The van der Waals surface area contributed by atoms with Gasteiger partial charge in [0.05, 0.1) is 24.7 Å². The van der Waals surface area contributed by atoms with Gasteiger partial charge < -0.3 is 10.5 Å². The summed E-state index contributed by atoms with van der Waals surface area (Å²) in [5, 5.41) is 4.10. The lowest BCUT2D eigenvalue weighted by atomic mass is 10.1. The zero-order chi connectivity index (χ0) is 11.7. The number of hydrogen-bond acceptors (Lipinski definition) is 4. The number of pyridine rings is 1. The molecule has 0 spiro atoms. The van der Waals surface area contributed by atoms with Gasteiger partial charge in [-0.2, -0.15) is 5.10 Å². The van der Waals surface area contributed by atoms with Crippen molar-refractivity contribution in [2.45, 2.75) is 6.92 Å². The van der Waals surface area contributed by atoms with Crippen molar-refractivity contribution in [3.63, 3.8) is 0 Å². The van der Waals surface area contributed by atoms with Crippen LogP contribution in [0.5, 0.6) is 5.88 Å². The van der Waals surface area contributed by atoms with Crippen LogP contribution in [-0.2, 0) is 7.05 Å². The molecule has 5 nitrogen and oxygen atoms in total. The first-order valence-electron chi connectivity index (χ1n) is 4.92. The minimum Gasteiger partial charge on any atom is -0.481 e. The van der Waals surface area contributed by atoms with Crippen LogP contribution in [0.3, 0.4) is 0 Å². The zero-order valence-corrected chi connectivity index (χ0v) is 9.56. The first-order valence-corrected chi connectivity index (χ1v) is 4.92. The summed E-state index contributed by atoms with van der Waals surface area (Å²) in [6.07, 6.45) is 3.37. The third-order valence-corrected chi connectivity index (χ3v) is 2.46. The molecule has 16 heavy (non-hydrogen) atoms. The Morgan fingerprint density at radius 3 is 2.62 bits per heavy atom. The van der Waals surface area contributed by atoms with Crippen LogP contribution in [0.1, 0.15) is 5.56 Å². The second-order valence-electron chi connectivity index (χ2n) is 3.62. The highest BCUT2D eigenvalue weighted by atomic mass is 16.5. The van der Waals surface area contributed by atoms with Gasteiger partial charge in [0.25, 0.3) is 0 Å². The molecule has 0 aliphatic carbocycles. The Balaban J connectivity index is 2.53. The van der Waals surface area contributed by atoms with Crippen molar-refractivity contribution < 1.29 is 4.74 Å². The highest BCUT2D eigenvalue weighted by molar-refractivity contribution is 5.72. The van der Waals surface area contributed by atoms with Crippen molar-refractivity contribution in [2.75, 3.05) is 12.8 Å². The first-order chi connectivity index (χ1) is 7.63. The number of aromatic nitrogens is 3. The molecule has 2 aromatic rings. The SMILES string of the molecule is COc1ncc(-c2c(N)cnn2C)cc1C. The van der Waals surface area contributed by atoms with Crippen LogP contribution in [0.2, 0.25) is 0 Å². The van der Waals surface area contributed by atoms with Crippen LogP contribution < -0.4 is 10.5 Å². The van der Waals surface area contributed by atoms with E-state index in [1.54, 1.807) is 24.2 Å². The molecule has 84 valence electrons. The molecule has 0 aliphatic heterocycles. The van der Waals surface area contributed by atoms with Crippen molar-refractivity contribution >= 4 is 5.69 Å². The van der Waals surface area contributed by atoms with E-state index in [2.05, 4.69) is 10.1 Å². The van der Waals surface area contributed by atoms with Crippen LogP contribution in [-0.4, -0.2) is 21.9 Å². The van der Waals surface area contributed by atoms with Crippen molar-refractivity contribution in [2.24, 2.45) is 7.05 Å². The fourth-order valence-electron chi connectivity index (χ4n) is 1.71. The van der Waals surface area contributed by atoms with Crippen LogP contribution in [0.4, 0.5) is 5.69 Å². The van der Waals surface area contributed by atoms with Crippen LogP contribution >= 0.6 is 0 Å². The molecule has 0 atom stereocenters. The summed E-state index contributed by atoms with van der Waals surface area (Å²) in [5.41, 5.74) is 9.29. The van der Waals surface area contributed by atoms with Gasteiger partial charge in [0, 0.05) is 24.4 Å². The topological polar surface area (TPSA) is 66.0 Å². The van der Waals surface area contributed by atoms with E-state index in [1.807, 2.05) is 20.0 Å². The van der Waals surface area contributed by atoms with Crippen LogP contribution in [0, 0.1) is 6.92 Å². The molecule has 0 fully saturated rings. The number of nitrogens with zero attached hydrogens (tertiary/aromatic N) is 3. The average Bonchev–Trinajstić information content (AvgIpc) is 2.58. The summed E-state index contributed by atoms with van der Waals surface area (Å²) in [6.45, 7) is 1.95. The number of ether oxygens (including phenoxy) is 1. The molecule has 0 unspecified atom stereocenters. The maximum Gasteiger partial charge on any atom is 0.215 e. The number of aryl methyl sites for hydroxylation is 2. The molecule has 2 rings (SSSR count). The third-order valence-electron chi connectivity index (χ3n) is 2.46. The second-order valence-corrected chi connectivity index (χ2v) is 3.62. The Morgan fingerprint density at radius 2 is 2.12 bits per heavy atom. The molecule has 0 aromatic carbocycles. The monoisotopic (exact) mass is 218 g/mol. The van der Waals surface area contributed by atoms with Gasteiger partial charge in [-0.25, -0.2) is 4.98 Å². The Hall–Kier alpha value is -2.04. The predicted molar refractivity (Wildman–Crippen MR) is 62.1 cm³/mol. The van der Waals surface area contributed by atoms with E-state index in [0.29, 0.717) is 11.6 Å². The number of nitrogen functional groups attached to an aromatic ring is 1. The lowest BCUT2D eigenvalue weighted by molar-refractivity contribution is 0.394. The normalized spacial score (nSPS) is 10.4. The van der Waals surface area contributed by atoms with E-state index in [-0.39, 0.29) is 0 Å². The molecule has 2 N–H and O–H groups in total. The van der Waals surface area contributed by atoms with Gasteiger partial charge in [0.1, 0.15) is 0 Å². The Bertz CT molecular complexity index is 499. The molecule has 2 heterocycles. The lowest BCUT2D eigenvalue weighted by Gasteiger charge is -2.07. The number of rotatable bonds is 2. The molecule has 0 aliphatic rings. The maximum absolute atomic E-state index is 5.85. The van der Waals surface area contributed by atoms with Gasteiger partial charge in [-0.05, 0) is 13.0 Å². The molecule has 0 amide bonds. The summed E-state index contributed by atoms with van der Waals surface area (Å²) >= 11 is 0. The minimum absolute atomic E-state index is 0.629. The second kappa shape index (κ2) is 3.84. The largest absolute Gasteiger partial charge is 0.481 e. The molecular formula is C11H14N4O. The summed E-state index contributed by atoms with van der Waals surface area (Å²) in [4.78, 5) is 4.22. The Labute approximate surface area is 93.9 Å². The molecule has 0 bridgehead atoms. The van der Waals surface area contributed by atoms with E-state index in [4.69, 9.17) is 10.5 Å².